The molecule has 0 saturated carbocycles. The molecule has 0 heterocycles. The van der Waals surface area contributed by atoms with Crippen molar-refractivity contribution in [3.63, 3.8) is 0 Å². The molecule has 0 aromatic carbocycles. The first-order chi connectivity index (χ1) is 28.4. The lowest BCUT2D eigenvalue weighted by molar-refractivity contribution is -0.167. The molecule has 0 spiro atoms. The predicted molar refractivity (Wildman–Crippen MR) is 247 cm³/mol. The van der Waals surface area contributed by atoms with E-state index >= 15 is 0 Å². The average Bonchev–Trinajstić information content (AvgIpc) is 3.21. The second-order valence-electron chi connectivity index (χ2n) is 18.3. The molecule has 0 amide bonds. The number of carbonyl (C=O) groups excluding carboxylic acids is 3. The van der Waals surface area contributed by atoms with E-state index in [4.69, 9.17) is 14.2 Å². The van der Waals surface area contributed by atoms with Crippen LogP contribution >= 0.6 is 0 Å². The van der Waals surface area contributed by atoms with Crippen LogP contribution in [0.25, 0.3) is 0 Å². The molecule has 58 heavy (non-hydrogen) atoms. The van der Waals surface area contributed by atoms with Crippen LogP contribution in [0.4, 0.5) is 0 Å². The number of ether oxygens (including phenoxy) is 3. The van der Waals surface area contributed by atoms with Crippen molar-refractivity contribution >= 4 is 17.9 Å². The largest absolute Gasteiger partial charge is 0.462 e. The minimum absolute atomic E-state index is 0.0627. The summed E-state index contributed by atoms with van der Waals surface area (Å²) in [6.07, 6.45) is 48.0. The molecule has 0 aromatic heterocycles. The van der Waals surface area contributed by atoms with Gasteiger partial charge in [0.1, 0.15) is 13.2 Å². The standard InChI is InChI=1S/C52H100O6/c1-5-7-9-11-13-15-17-18-21-24-28-31-35-39-43-50(53)56-46-49(58-52(55)45-41-37-33-27-16-14-12-10-8-6-2)47-57-51(54)44-40-36-32-29-25-22-19-20-23-26-30-34-38-42-48(3)4/h48-49H,5-47H2,1-4H3/t49-/m0/s1. The fraction of sp³-hybridized carbons (Fsp3) is 0.942. The third-order valence-electron chi connectivity index (χ3n) is 11.8. The van der Waals surface area contributed by atoms with Crippen molar-refractivity contribution in [3.05, 3.63) is 0 Å². The van der Waals surface area contributed by atoms with Gasteiger partial charge >= 0.3 is 17.9 Å². The Morgan fingerprint density at radius 3 is 0.845 bits per heavy atom. The quantitative estimate of drug-likeness (QED) is 0.0346. The Balaban J connectivity index is 4.26. The summed E-state index contributed by atoms with van der Waals surface area (Å²) in [6, 6.07) is 0. The van der Waals surface area contributed by atoms with Gasteiger partial charge in [-0.15, -0.1) is 0 Å². The Bertz CT molecular complexity index is 872. The predicted octanol–water partition coefficient (Wildman–Crippen LogP) is 16.7. The van der Waals surface area contributed by atoms with Crippen molar-refractivity contribution in [1.82, 2.24) is 0 Å². The molecule has 0 radical (unpaired) electrons. The molecule has 6 heteroatoms. The molecule has 0 aliphatic rings. The molecule has 0 saturated heterocycles. The summed E-state index contributed by atoms with van der Waals surface area (Å²) in [5, 5.41) is 0. The van der Waals surface area contributed by atoms with Crippen molar-refractivity contribution in [1.29, 1.82) is 0 Å². The molecule has 0 aliphatic heterocycles. The van der Waals surface area contributed by atoms with Crippen LogP contribution < -0.4 is 0 Å². The second-order valence-corrected chi connectivity index (χ2v) is 18.3. The molecule has 0 aliphatic carbocycles. The van der Waals surface area contributed by atoms with E-state index in [9.17, 15) is 14.4 Å². The van der Waals surface area contributed by atoms with E-state index in [0.29, 0.717) is 19.3 Å². The van der Waals surface area contributed by atoms with Crippen LogP contribution in [0, 0.1) is 5.92 Å². The normalized spacial score (nSPS) is 11.9. The summed E-state index contributed by atoms with van der Waals surface area (Å²) >= 11 is 0. The summed E-state index contributed by atoms with van der Waals surface area (Å²) in [7, 11) is 0. The Morgan fingerprint density at radius 2 is 0.569 bits per heavy atom. The average molecular weight is 821 g/mol. The lowest BCUT2D eigenvalue weighted by Crippen LogP contribution is -2.30. The Labute approximate surface area is 361 Å². The first kappa shape index (κ1) is 56.4. The molecule has 6 nitrogen and oxygen atoms in total. The van der Waals surface area contributed by atoms with Gasteiger partial charge in [-0.25, -0.2) is 0 Å². The minimum atomic E-state index is -0.760. The Kier molecular flexibility index (Phi) is 45.2. The third kappa shape index (κ3) is 45.5. The molecule has 0 N–H and O–H groups in total. The maximum atomic E-state index is 12.7. The van der Waals surface area contributed by atoms with E-state index in [1.807, 2.05) is 0 Å². The number of carbonyl (C=O) groups is 3. The Hall–Kier alpha value is -1.59. The van der Waals surface area contributed by atoms with Crippen molar-refractivity contribution in [2.45, 2.75) is 297 Å². The minimum Gasteiger partial charge on any atom is -0.462 e. The topological polar surface area (TPSA) is 78.9 Å². The molecule has 344 valence electrons. The number of unbranched alkanes of at least 4 members (excludes halogenated alkanes) is 34. The number of esters is 3. The van der Waals surface area contributed by atoms with Gasteiger partial charge in [-0.1, -0.05) is 252 Å². The molecule has 1 atom stereocenters. The van der Waals surface area contributed by atoms with Crippen molar-refractivity contribution in [2.75, 3.05) is 13.2 Å². The summed E-state index contributed by atoms with van der Waals surface area (Å²) in [5.41, 5.74) is 0. The van der Waals surface area contributed by atoms with Gasteiger partial charge < -0.3 is 14.2 Å². The zero-order valence-electron chi connectivity index (χ0n) is 39.5. The van der Waals surface area contributed by atoms with Crippen LogP contribution in [0.5, 0.6) is 0 Å². The monoisotopic (exact) mass is 821 g/mol. The third-order valence-corrected chi connectivity index (χ3v) is 11.8. The van der Waals surface area contributed by atoms with Gasteiger partial charge in [0.05, 0.1) is 0 Å². The van der Waals surface area contributed by atoms with E-state index < -0.39 is 6.10 Å². The number of hydrogen-bond acceptors (Lipinski definition) is 6. The lowest BCUT2D eigenvalue weighted by atomic mass is 10.0. The molecule has 0 fully saturated rings. The zero-order valence-corrected chi connectivity index (χ0v) is 39.5. The van der Waals surface area contributed by atoms with Crippen LogP contribution in [0.3, 0.4) is 0 Å². The van der Waals surface area contributed by atoms with Crippen molar-refractivity contribution < 1.29 is 28.6 Å². The summed E-state index contributed by atoms with van der Waals surface area (Å²) in [6.45, 7) is 9.02. The van der Waals surface area contributed by atoms with E-state index in [1.165, 1.54) is 186 Å². The van der Waals surface area contributed by atoms with Crippen LogP contribution in [0.15, 0.2) is 0 Å². The van der Waals surface area contributed by atoms with Crippen LogP contribution in [0.2, 0.25) is 0 Å². The van der Waals surface area contributed by atoms with Crippen molar-refractivity contribution in [2.24, 2.45) is 5.92 Å². The van der Waals surface area contributed by atoms with Gasteiger partial charge in [0, 0.05) is 19.3 Å². The smallest absolute Gasteiger partial charge is 0.306 e. The fourth-order valence-electron chi connectivity index (χ4n) is 7.86. The highest BCUT2D eigenvalue weighted by atomic mass is 16.6. The number of hydrogen-bond donors (Lipinski definition) is 0. The van der Waals surface area contributed by atoms with Crippen molar-refractivity contribution in [3.8, 4) is 0 Å². The second kappa shape index (κ2) is 46.5. The maximum Gasteiger partial charge on any atom is 0.306 e. The number of rotatable bonds is 47. The van der Waals surface area contributed by atoms with Gasteiger partial charge in [0.15, 0.2) is 6.10 Å². The first-order valence-corrected chi connectivity index (χ1v) is 25.9. The van der Waals surface area contributed by atoms with Crippen LogP contribution in [-0.4, -0.2) is 37.2 Å². The van der Waals surface area contributed by atoms with Gasteiger partial charge in [0.25, 0.3) is 0 Å². The first-order valence-electron chi connectivity index (χ1n) is 25.9. The molecule has 0 bridgehead atoms. The zero-order chi connectivity index (χ0) is 42.4. The Morgan fingerprint density at radius 1 is 0.328 bits per heavy atom. The lowest BCUT2D eigenvalue weighted by Gasteiger charge is -2.18. The highest BCUT2D eigenvalue weighted by Crippen LogP contribution is 2.17. The highest BCUT2D eigenvalue weighted by Gasteiger charge is 2.19. The highest BCUT2D eigenvalue weighted by molar-refractivity contribution is 5.71. The molecule has 0 unspecified atom stereocenters. The molecule has 0 aromatic rings. The fourth-order valence-corrected chi connectivity index (χ4v) is 7.86. The SMILES string of the molecule is CCCCCCCCCCCCCCCCC(=O)OC[C@@H](COC(=O)CCCCCCCCCCCCCCCC(C)C)OC(=O)CCCCCCCCCCCC. The van der Waals surface area contributed by atoms with E-state index in [1.54, 1.807) is 0 Å². The van der Waals surface area contributed by atoms with Gasteiger partial charge in [0.2, 0.25) is 0 Å². The summed E-state index contributed by atoms with van der Waals surface area (Å²) in [4.78, 5) is 37.9. The molecular formula is C52H100O6. The molecule has 0 rings (SSSR count). The van der Waals surface area contributed by atoms with Crippen LogP contribution in [0.1, 0.15) is 291 Å². The van der Waals surface area contributed by atoms with E-state index in [0.717, 1.165) is 63.7 Å². The molecular weight excluding hydrogens is 721 g/mol. The van der Waals surface area contributed by atoms with Crippen LogP contribution in [-0.2, 0) is 28.6 Å². The van der Waals surface area contributed by atoms with E-state index in [2.05, 4.69) is 27.7 Å². The van der Waals surface area contributed by atoms with Gasteiger partial charge in [-0.2, -0.15) is 0 Å². The van der Waals surface area contributed by atoms with Gasteiger partial charge in [-0.3, -0.25) is 14.4 Å². The maximum absolute atomic E-state index is 12.7. The summed E-state index contributed by atoms with van der Waals surface area (Å²) in [5.74, 6) is -0.00552. The van der Waals surface area contributed by atoms with E-state index in [-0.39, 0.29) is 31.1 Å². The summed E-state index contributed by atoms with van der Waals surface area (Å²) < 4.78 is 16.8. The van der Waals surface area contributed by atoms with Gasteiger partial charge in [-0.05, 0) is 25.2 Å².